The molecule has 1 unspecified atom stereocenters. The van der Waals surface area contributed by atoms with Gasteiger partial charge in [0.25, 0.3) is 11.6 Å². The predicted octanol–water partition coefficient (Wildman–Crippen LogP) is 2.53. The van der Waals surface area contributed by atoms with Crippen LogP contribution in [0.15, 0.2) is 42.5 Å². The summed E-state index contributed by atoms with van der Waals surface area (Å²) in [5.74, 6) is -0.223. The van der Waals surface area contributed by atoms with Gasteiger partial charge in [-0.25, -0.2) is 0 Å². The van der Waals surface area contributed by atoms with Gasteiger partial charge in [-0.1, -0.05) is 31.2 Å². The van der Waals surface area contributed by atoms with Gasteiger partial charge in [-0.05, 0) is 29.7 Å². The van der Waals surface area contributed by atoms with Gasteiger partial charge in [-0.3, -0.25) is 14.9 Å². The van der Waals surface area contributed by atoms with Crippen LogP contribution < -0.4 is 11.1 Å². The summed E-state index contributed by atoms with van der Waals surface area (Å²) in [4.78, 5) is 25.3. The smallest absolute Gasteiger partial charge is 0.292 e. The van der Waals surface area contributed by atoms with Crippen molar-refractivity contribution >= 4 is 17.3 Å². The topological polar surface area (TPSA) is 102 Å². The Bertz CT molecular complexity index is 820. The van der Waals surface area contributed by atoms with E-state index in [0.29, 0.717) is 19.6 Å². The van der Waals surface area contributed by atoms with Crippen molar-refractivity contribution in [3.8, 4) is 0 Å². The SMILES string of the molecule is CCc1ccc(C2CNCCN2C(=O)c2ccc(N)c([N+](=O)[O-])c2)cc1. The molecule has 1 aliphatic rings. The van der Waals surface area contributed by atoms with Crippen LogP contribution in [0.4, 0.5) is 11.4 Å². The Balaban J connectivity index is 1.90. The molecule has 0 aromatic heterocycles. The van der Waals surface area contributed by atoms with E-state index < -0.39 is 4.92 Å². The van der Waals surface area contributed by atoms with Crippen molar-refractivity contribution in [1.82, 2.24) is 10.2 Å². The van der Waals surface area contributed by atoms with Crippen LogP contribution in [0.5, 0.6) is 0 Å². The van der Waals surface area contributed by atoms with Crippen LogP contribution >= 0.6 is 0 Å². The van der Waals surface area contributed by atoms with Crippen LogP contribution in [0.2, 0.25) is 0 Å². The van der Waals surface area contributed by atoms with Crippen LogP contribution in [-0.2, 0) is 6.42 Å². The highest BCUT2D eigenvalue weighted by Crippen LogP contribution is 2.27. The third kappa shape index (κ3) is 3.52. The lowest BCUT2D eigenvalue weighted by Gasteiger charge is -2.36. The average molecular weight is 354 g/mol. The Morgan fingerprint density at radius 3 is 2.69 bits per heavy atom. The first-order valence-corrected chi connectivity index (χ1v) is 8.65. The maximum Gasteiger partial charge on any atom is 0.292 e. The molecular formula is C19H22N4O3. The number of benzene rings is 2. The van der Waals surface area contributed by atoms with Gasteiger partial charge in [-0.2, -0.15) is 0 Å². The number of rotatable bonds is 4. The summed E-state index contributed by atoms with van der Waals surface area (Å²) < 4.78 is 0. The Morgan fingerprint density at radius 1 is 1.31 bits per heavy atom. The second-order valence-corrected chi connectivity index (χ2v) is 6.34. The molecule has 3 rings (SSSR count). The summed E-state index contributed by atoms with van der Waals surface area (Å²) >= 11 is 0. The van der Waals surface area contributed by atoms with Crippen molar-refractivity contribution in [2.75, 3.05) is 25.4 Å². The maximum atomic E-state index is 13.0. The highest BCUT2D eigenvalue weighted by atomic mass is 16.6. The molecule has 3 N–H and O–H groups in total. The van der Waals surface area contributed by atoms with Crippen molar-refractivity contribution < 1.29 is 9.72 Å². The number of anilines is 1. The lowest BCUT2D eigenvalue weighted by atomic mass is 10.00. The lowest BCUT2D eigenvalue weighted by molar-refractivity contribution is -0.383. The Labute approximate surface area is 152 Å². The van der Waals surface area contributed by atoms with Gasteiger partial charge in [0, 0.05) is 31.3 Å². The van der Waals surface area contributed by atoms with Crippen molar-refractivity contribution in [2.24, 2.45) is 0 Å². The van der Waals surface area contributed by atoms with E-state index in [2.05, 4.69) is 24.4 Å². The van der Waals surface area contributed by atoms with E-state index >= 15 is 0 Å². The zero-order chi connectivity index (χ0) is 18.7. The predicted molar refractivity (Wildman–Crippen MR) is 100.0 cm³/mol. The Morgan fingerprint density at radius 2 is 2.04 bits per heavy atom. The van der Waals surface area contributed by atoms with E-state index in [1.54, 1.807) is 11.0 Å². The molecule has 7 heteroatoms. The number of aryl methyl sites for hydroxylation is 1. The number of nitro benzene ring substituents is 1. The van der Waals surface area contributed by atoms with Gasteiger partial charge in [0.1, 0.15) is 5.69 Å². The molecule has 0 radical (unpaired) electrons. The molecule has 0 bridgehead atoms. The second-order valence-electron chi connectivity index (χ2n) is 6.34. The molecule has 2 aromatic carbocycles. The minimum absolute atomic E-state index is 0.0542. The molecule has 0 aliphatic carbocycles. The fraction of sp³-hybridized carbons (Fsp3) is 0.316. The van der Waals surface area contributed by atoms with Gasteiger partial charge in [0.05, 0.1) is 11.0 Å². The average Bonchev–Trinajstić information content (AvgIpc) is 2.67. The first-order chi connectivity index (χ1) is 12.5. The number of nitro groups is 1. The van der Waals surface area contributed by atoms with E-state index in [0.717, 1.165) is 12.0 Å². The molecule has 1 aliphatic heterocycles. The second kappa shape index (κ2) is 7.53. The highest BCUT2D eigenvalue weighted by Gasteiger charge is 2.29. The number of nitrogens with two attached hydrogens (primary N) is 1. The van der Waals surface area contributed by atoms with E-state index in [1.165, 1.54) is 17.7 Å². The van der Waals surface area contributed by atoms with E-state index in [4.69, 9.17) is 5.73 Å². The van der Waals surface area contributed by atoms with Crippen LogP contribution in [0.3, 0.4) is 0 Å². The highest BCUT2D eigenvalue weighted by molar-refractivity contribution is 5.96. The quantitative estimate of drug-likeness (QED) is 0.499. The van der Waals surface area contributed by atoms with Gasteiger partial charge >= 0.3 is 0 Å². The summed E-state index contributed by atoms with van der Waals surface area (Å²) in [7, 11) is 0. The first kappa shape index (κ1) is 17.9. The molecule has 26 heavy (non-hydrogen) atoms. The number of nitrogens with one attached hydrogen (secondary N) is 1. The van der Waals surface area contributed by atoms with Crippen molar-refractivity contribution in [3.63, 3.8) is 0 Å². The fourth-order valence-corrected chi connectivity index (χ4v) is 3.22. The Kier molecular flexibility index (Phi) is 5.18. The minimum atomic E-state index is -0.565. The summed E-state index contributed by atoms with van der Waals surface area (Å²) in [6, 6.07) is 12.3. The third-order valence-corrected chi connectivity index (χ3v) is 4.75. The number of amides is 1. The number of nitrogen functional groups attached to an aromatic ring is 1. The Hall–Kier alpha value is -2.93. The zero-order valence-electron chi connectivity index (χ0n) is 14.6. The van der Waals surface area contributed by atoms with Crippen molar-refractivity contribution in [1.29, 1.82) is 0 Å². The molecule has 0 spiro atoms. The van der Waals surface area contributed by atoms with Gasteiger partial charge < -0.3 is 16.0 Å². The summed E-state index contributed by atoms with van der Waals surface area (Å²) in [6.07, 6.45) is 0.959. The fourth-order valence-electron chi connectivity index (χ4n) is 3.22. The molecule has 2 aromatic rings. The van der Waals surface area contributed by atoms with Gasteiger partial charge in [0.2, 0.25) is 0 Å². The number of carbonyl (C=O) groups is 1. The van der Waals surface area contributed by atoms with Crippen LogP contribution in [-0.4, -0.2) is 35.4 Å². The molecule has 1 saturated heterocycles. The maximum absolute atomic E-state index is 13.0. The minimum Gasteiger partial charge on any atom is -0.393 e. The lowest BCUT2D eigenvalue weighted by Crippen LogP contribution is -2.48. The van der Waals surface area contributed by atoms with Crippen LogP contribution in [0.25, 0.3) is 0 Å². The third-order valence-electron chi connectivity index (χ3n) is 4.75. The van der Waals surface area contributed by atoms with E-state index in [9.17, 15) is 14.9 Å². The molecule has 136 valence electrons. The number of hydrogen-bond acceptors (Lipinski definition) is 5. The van der Waals surface area contributed by atoms with Gasteiger partial charge in [0.15, 0.2) is 0 Å². The molecule has 7 nitrogen and oxygen atoms in total. The zero-order valence-corrected chi connectivity index (χ0v) is 14.6. The molecule has 1 fully saturated rings. The first-order valence-electron chi connectivity index (χ1n) is 8.65. The van der Waals surface area contributed by atoms with E-state index in [-0.39, 0.29) is 28.9 Å². The van der Waals surface area contributed by atoms with Crippen LogP contribution in [0.1, 0.15) is 34.5 Å². The number of nitrogens with zero attached hydrogens (tertiary/aromatic N) is 2. The summed E-state index contributed by atoms with van der Waals surface area (Å²) in [5.41, 5.74) is 8.02. The molecule has 0 saturated carbocycles. The number of hydrogen-bond donors (Lipinski definition) is 2. The molecule has 1 atom stereocenters. The molecule has 1 heterocycles. The van der Waals surface area contributed by atoms with Crippen molar-refractivity contribution in [3.05, 3.63) is 69.3 Å². The number of carbonyl (C=O) groups excluding carboxylic acids is 1. The largest absolute Gasteiger partial charge is 0.393 e. The summed E-state index contributed by atoms with van der Waals surface area (Å²) in [5, 5.41) is 14.4. The standard InChI is InChI=1S/C19H22N4O3/c1-2-13-3-5-14(6-4-13)18-12-21-9-10-22(18)19(24)15-7-8-16(20)17(11-15)23(25)26/h3-8,11,18,21H,2,9-10,12,20H2,1H3. The normalized spacial score (nSPS) is 17.1. The van der Waals surface area contributed by atoms with Gasteiger partial charge in [-0.15, -0.1) is 0 Å². The molecule has 1 amide bonds. The number of piperazine rings is 1. The van der Waals surface area contributed by atoms with Crippen LogP contribution in [0, 0.1) is 10.1 Å². The molecular weight excluding hydrogens is 332 g/mol. The van der Waals surface area contributed by atoms with E-state index in [1.807, 2.05) is 12.1 Å². The monoisotopic (exact) mass is 354 g/mol. The van der Waals surface area contributed by atoms with Crippen molar-refractivity contribution in [2.45, 2.75) is 19.4 Å². The summed E-state index contributed by atoms with van der Waals surface area (Å²) in [6.45, 7) is 3.97.